The first kappa shape index (κ1) is 17.7. The molecule has 148 valence electrons. The van der Waals surface area contributed by atoms with Crippen molar-refractivity contribution in [1.29, 1.82) is 0 Å². The summed E-state index contributed by atoms with van der Waals surface area (Å²) in [7, 11) is 0. The lowest BCUT2D eigenvalue weighted by molar-refractivity contribution is 0.102. The Morgan fingerprint density at radius 1 is 1.20 bits per heavy atom. The molecule has 0 saturated carbocycles. The van der Waals surface area contributed by atoms with Crippen LogP contribution in [0.1, 0.15) is 16.2 Å². The first-order valence-electron chi connectivity index (χ1n) is 8.88. The number of amides is 1. The van der Waals surface area contributed by atoms with Crippen LogP contribution in [0.2, 0.25) is 0 Å². The van der Waals surface area contributed by atoms with E-state index in [0.717, 1.165) is 0 Å². The van der Waals surface area contributed by atoms with Gasteiger partial charge in [-0.2, -0.15) is 9.78 Å². The molecule has 0 radical (unpaired) electrons. The van der Waals surface area contributed by atoms with E-state index in [1.165, 1.54) is 33.6 Å². The van der Waals surface area contributed by atoms with E-state index in [-0.39, 0.29) is 22.5 Å². The summed E-state index contributed by atoms with van der Waals surface area (Å²) in [5.74, 6) is -0.665. The Balaban J connectivity index is 1.54. The average Bonchev–Trinajstić information content (AvgIpc) is 3.36. The molecule has 10 nitrogen and oxygen atoms in total. The van der Waals surface area contributed by atoms with Crippen molar-refractivity contribution in [3.05, 3.63) is 76.2 Å². The second-order valence-corrected chi connectivity index (χ2v) is 6.55. The molecule has 0 atom stereocenters. The summed E-state index contributed by atoms with van der Waals surface area (Å²) in [5.41, 5.74) is 1.10. The first-order valence-corrected chi connectivity index (χ1v) is 8.88. The van der Waals surface area contributed by atoms with Gasteiger partial charge in [0.15, 0.2) is 5.82 Å². The van der Waals surface area contributed by atoms with Crippen LogP contribution in [-0.4, -0.2) is 40.7 Å². The van der Waals surface area contributed by atoms with Gasteiger partial charge in [-0.25, -0.2) is 8.91 Å². The van der Waals surface area contributed by atoms with Gasteiger partial charge in [-0.05, 0) is 47.7 Å². The van der Waals surface area contributed by atoms with Crippen molar-refractivity contribution < 1.29 is 9.18 Å². The van der Waals surface area contributed by atoms with Crippen LogP contribution in [0.25, 0.3) is 22.2 Å². The van der Waals surface area contributed by atoms with E-state index in [1.807, 2.05) is 0 Å². The molecule has 0 saturated heterocycles. The zero-order valence-corrected chi connectivity index (χ0v) is 15.5. The number of rotatable bonds is 3. The van der Waals surface area contributed by atoms with Crippen LogP contribution >= 0.6 is 0 Å². The van der Waals surface area contributed by atoms with Gasteiger partial charge in [0.05, 0.1) is 17.1 Å². The number of nitrogens with one attached hydrogen (secondary N) is 2. The summed E-state index contributed by atoms with van der Waals surface area (Å²) in [5, 5.41) is 18.4. The standard InChI is InChI=1S/C19H13FN8O2/c1-10-24-25-26-27(10)16-8-11(6-7-14(16)20)22-19(30)13-9-21-28-15-5-3-2-4-12(15)18(29)23-17(13)28/h2-9H,1H3,(H,22,30)(H,23,29). The van der Waals surface area contributed by atoms with Gasteiger partial charge in [-0.3, -0.25) is 9.59 Å². The molecule has 0 unspecified atom stereocenters. The van der Waals surface area contributed by atoms with Gasteiger partial charge < -0.3 is 10.3 Å². The van der Waals surface area contributed by atoms with Crippen LogP contribution in [0, 0.1) is 12.7 Å². The molecule has 0 aliphatic rings. The van der Waals surface area contributed by atoms with Crippen LogP contribution < -0.4 is 10.9 Å². The van der Waals surface area contributed by atoms with E-state index in [1.54, 1.807) is 31.2 Å². The fourth-order valence-electron chi connectivity index (χ4n) is 3.25. The lowest BCUT2D eigenvalue weighted by Crippen LogP contribution is -2.15. The minimum Gasteiger partial charge on any atom is -0.322 e. The number of aryl methyl sites for hydroxylation is 1. The number of aromatic amines is 1. The lowest BCUT2D eigenvalue weighted by Gasteiger charge is -2.08. The number of hydrogen-bond donors (Lipinski definition) is 2. The van der Waals surface area contributed by atoms with E-state index in [9.17, 15) is 14.0 Å². The Bertz CT molecular complexity index is 1500. The predicted octanol–water partition coefficient (Wildman–Crippen LogP) is 1.85. The van der Waals surface area contributed by atoms with Gasteiger partial charge in [-0.1, -0.05) is 12.1 Å². The van der Waals surface area contributed by atoms with Crippen molar-refractivity contribution in [1.82, 2.24) is 34.8 Å². The fourth-order valence-corrected chi connectivity index (χ4v) is 3.25. The maximum atomic E-state index is 14.2. The number of hydrogen-bond acceptors (Lipinski definition) is 6. The first-order chi connectivity index (χ1) is 14.5. The number of tetrazole rings is 1. The second kappa shape index (κ2) is 6.58. The maximum absolute atomic E-state index is 14.2. The third-order valence-electron chi connectivity index (χ3n) is 4.68. The lowest BCUT2D eigenvalue weighted by atomic mass is 10.2. The number of para-hydroxylation sites is 1. The van der Waals surface area contributed by atoms with Crippen molar-refractivity contribution in [2.45, 2.75) is 6.92 Å². The summed E-state index contributed by atoms with van der Waals surface area (Å²) in [6.07, 6.45) is 1.36. The molecule has 30 heavy (non-hydrogen) atoms. The average molecular weight is 404 g/mol. The van der Waals surface area contributed by atoms with E-state index in [2.05, 4.69) is 30.9 Å². The van der Waals surface area contributed by atoms with Crippen LogP contribution in [0.4, 0.5) is 10.1 Å². The molecule has 0 aliphatic heterocycles. The number of carbonyl (C=O) groups excluding carboxylic acids is 1. The Hall–Kier alpha value is -4.41. The van der Waals surface area contributed by atoms with Gasteiger partial charge in [0.25, 0.3) is 11.5 Å². The fraction of sp³-hybridized carbons (Fsp3) is 0.0526. The van der Waals surface area contributed by atoms with Crippen molar-refractivity contribution in [3.63, 3.8) is 0 Å². The summed E-state index contributed by atoms with van der Waals surface area (Å²) >= 11 is 0. The van der Waals surface area contributed by atoms with Gasteiger partial charge in [0, 0.05) is 5.69 Å². The normalized spacial score (nSPS) is 11.3. The van der Waals surface area contributed by atoms with Gasteiger partial charge in [-0.15, -0.1) is 5.10 Å². The summed E-state index contributed by atoms with van der Waals surface area (Å²) < 4.78 is 17.0. The Morgan fingerprint density at radius 2 is 2.03 bits per heavy atom. The number of nitrogens with zero attached hydrogens (tertiary/aromatic N) is 6. The summed E-state index contributed by atoms with van der Waals surface area (Å²) in [6.45, 7) is 1.63. The molecule has 1 amide bonds. The van der Waals surface area contributed by atoms with Crippen molar-refractivity contribution in [2.75, 3.05) is 5.32 Å². The third kappa shape index (κ3) is 2.71. The van der Waals surface area contributed by atoms with Crippen LogP contribution in [0.3, 0.4) is 0 Å². The quantitative estimate of drug-likeness (QED) is 0.473. The van der Waals surface area contributed by atoms with Gasteiger partial charge >= 0.3 is 0 Å². The molecule has 2 N–H and O–H groups in total. The molecular formula is C19H13FN8O2. The molecule has 0 fully saturated rings. The highest BCUT2D eigenvalue weighted by Crippen LogP contribution is 2.20. The summed E-state index contributed by atoms with van der Waals surface area (Å²) in [6, 6.07) is 11.0. The molecule has 0 bridgehead atoms. The molecule has 5 aromatic rings. The predicted molar refractivity (Wildman–Crippen MR) is 105 cm³/mol. The van der Waals surface area contributed by atoms with Crippen molar-refractivity contribution >= 4 is 28.1 Å². The smallest absolute Gasteiger partial charge is 0.261 e. The van der Waals surface area contributed by atoms with Crippen LogP contribution in [-0.2, 0) is 0 Å². The van der Waals surface area contributed by atoms with Gasteiger partial charge in [0.1, 0.15) is 22.7 Å². The SMILES string of the molecule is Cc1nnnn1-c1cc(NC(=O)c2cnn3c2[nH]c(=O)c2ccccc23)ccc1F. The molecule has 0 spiro atoms. The highest BCUT2D eigenvalue weighted by molar-refractivity contribution is 6.08. The van der Waals surface area contributed by atoms with Crippen molar-refractivity contribution in [2.24, 2.45) is 0 Å². The maximum Gasteiger partial charge on any atom is 0.261 e. The highest BCUT2D eigenvalue weighted by Gasteiger charge is 2.17. The monoisotopic (exact) mass is 404 g/mol. The number of anilines is 1. The zero-order chi connectivity index (χ0) is 20.8. The Labute approximate surface area is 167 Å². The number of carbonyl (C=O) groups is 1. The van der Waals surface area contributed by atoms with E-state index >= 15 is 0 Å². The molecule has 3 aromatic heterocycles. The molecule has 3 heterocycles. The Kier molecular flexibility index (Phi) is 3.88. The molecule has 11 heteroatoms. The minimum atomic E-state index is -0.546. The third-order valence-corrected chi connectivity index (χ3v) is 4.68. The Morgan fingerprint density at radius 3 is 2.83 bits per heavy atom. The largest absolute Gasteiger partial charge is 0.322 e. The minimum absolute atomic E-state index is 0.0922. The molecule has 5 rings (SSSR count). The number of H-pyrrole nitrogens is 1. The molecule has 0 aliphatic carbocycles. The van der Waals surface area contributed by atoms with Crippen LogP contribution in [0.5, 0.6) is 0 Å². The summed E-state index contributed by atoms with van der Waals surface area (Å²) in [4.78, 5) is 27.9. The highest BCUT2D eigenvalue weighted by atomic mass is 19.1. The topological polar surface area (TPSA) is 123 Å². The number of aromatic nitrogens is 7. The second-order valence-electron chi connectivity index (χ2n) is 6.55. The molecule has 2 aromatic carbocycles. The van der Waals surface area contributed by atoms with Crippen LogP contribution in [0.15, 0.2) is 53.5 Å². The van der Waals surface area contributed by atoms with Gasteiger partial charge in [0.2, 0.25) is 0 Å². The van der Waals surface area contributed by atoms with E-state index in [0.29, 0.717) is 22.4 Å². The molecular weight excluding hydrogens is 391 g/mol. The van der Waals surface area contributed by atoms with E-state index in [4.69, 9.17) is 0 Å². The number of fused-ring (bicyclic) bond motifs is 3. The number of halogens is 1. The van der Waals surface area contributed by atoms with E-state index < -0.39 is 11.7 Å². The number of benzene rings is 2. The zero-order valence-electron chi connectivity index (χ0n) is 15.5. The van der Waals surface area contributed by atoms with Crippen molar-refractivity contribution in [3.8, 4) is 5.69 Å².